The molecule has 3 aromatic rings. The van der Waals surface area contributed by atoms with E-state index in [9.17, 15) is 4.79 Å². The summed E-state index contributed by atoms with van der Waals surface area (Å²) in [6.07, 6.45) is 4.90. The van der Waals surface area contributed by atoms with E-state index in [0.717, 1.165) is 40.6 Å². The lowest BCUT2D eigenvalue weighted by Gasteiger charge is -2.18. The van der Waals surface area contributed by atoms with E-state index in [1.165, 1.54) is 42.6 Å². The number of nitrogens with one attached hydrogen (secondary N) is 2. The van der Waals surface area contributed by atoms with Gasteiger partial charge in [0.25, 0.3) is 0 Å². The highest BCUT2D eigenvalue weighted by molar-refractivity contribution is 7.22. The zero-order valence-electron chi connectivity index (χ0n) is 16.3. The first kappa shape index (κ1) is 20.1. The Morgan fingerprint density at radius 1 is 1.07 bits per heavy atom. The third-order valence-electron chi connectivity index (χ3n) is 5.11. The van der Waals surface area contributed by atoms with Gasteiger partial charge < -0.3 is 10.6 Å². The minimum absolute atomic E-state index is 0.0204. The lowest BCUT2D eigenvalue weighted by molar-refractivity contribution is -0.117. The molecule has 0 saturated carbocycles. The number of fused-ring (bicyclic) bond motifs is 1. The molecule has 7 heteroatoms. The SMILES string of the molecule is O=C(CN1CCCCCC1)Nc1nc2ccc(NCc3ccc(Cl)cc3)cc2s1. The molecule has 0 spiro atoms. The fraction of sp³-hybridized carbons (Fsp3) is 0.364. The molecule has 1 aromatic heterocycles. The zero-order valence-corrected chi connectivity index (χ0v) is 17.9. The van der Waals surface area contributed by atoms with E-state index in [1.807, 2.05) is 36.4 Å². The maximum absolute atomic E-state index is 12.4. The number of hydrogen-bond donors (Lipinski definition) is 2. The van der Waals surface area contributed by atoms with Crippen molar-refractivity contribution >= 4 is 49.9 Å². The van der Waals surface area contributed by atoms with Gasteiger partial charge in [-0.2, -0.15) is 0 Å². The molecule has 29 heavy (non-hydrogen) atoms. The summed E-state index contributed by atoms with van der Waals surface area (Å²) in [7, 11) is 0. The van der Waals surface area contributed by atoms with Crippen molar-refractivity contribution in [2.24, 2.45) is 0 Å². The molecular formula is C22H25ClN4OS. The molecular weight excluding hydrogens is 404 g/mol. The van der Waals surface area contributed by atoms with Gasteiger partial charge in [0, 0.05) is 17.3 Å². The topological polar surface area (TPSA) is 57.3 Å². The number of nitrogens with zero attached hydrogens (tertiary/aromatic N) is 2. The highest BCUT2D eigenvalue weighted by Crippen LogP contribution is 2.28. The number of likely N-dealkylation sites (tertiary alicyclic amines) is 1. The van der Waals surface area contributed by atoms with Crippen LogP contribution in [0, 0.1) is 0 Å². The molecule has 4 rings (SSSR count). The van der Waals surface area contributed by atoms with Gasteiger partial charge in [0.15, 0.2) is 5.13 Å². The number of anilines is 2. The van der Waals surface area contributed by atoms with E-state index in [2.05, 4.69) is 26.6 Å². The third-order valence-corrected chi connectivity index (χ3v) is 6.30. The molecule has 2 N–H and O–H groups in total. The Bertz CT molecular complexity index is 965. The maximum atomic E-state index is 12.4. The van der Waals surface area contributed by atoms with E-state index in [0.29, 0.717) is 11.7 Å². The largest absolute Gasteiger partial charge is 0.381 e. The fourth-order valence-electron chi connectivity index (χ4n) is 3.55. The van der Waals surface area contributed by atoms with Crippen LogP contribution in [0.4, 0.5) is 10.8 Å². The minimum atomic E-state index is 0.0204. The molecule has 0 aliphatic carbocycles. The predicted molar refractivity (Wildman–Crippen MR) is 122 cm³/mol. The molecule has 5 nitrogen and oxygen atoms in total. The van der Waals surface area contributed by atoms with Crippen molar-refractivity contribution in [2.45, 2.75) is 32.2 Å². The van der Waals surface area contributed by atoms with Gasteiger partial charge in [0.1, 0.15) is 0 Å². The van der Waals surface area contributed by atoms with Crippen LogP contribution in [0.3, 0.4) is 0 Å². The Labute approximate surface area is 180 Å². The molecule has 1 aliphatic heterocycles. The van der Waals surface area contributed by atoms with Crippen LogP contribution in [-0.2, 0) is 11.3 Å². The first-order valence-electron chi connectivity index (χ1n) is 10.1. The third kappa shape index (κ3) is 5.69. The number of hydrogen-bond acceptors (Lipinski definition) is 5. The summed E-state index contributed by atoms with van der Waals surface area (Å²) in [5.74, 6) is 0.0204. The lowest BCUT2D eigenvalue weighted by atomic mass is 10.2. The lowest BCUT2D eigenvalue weighted by Crippen LogP contribution is -2.33. The summed E-state index contributed by atoms with van der Waals surface area (Å²) in [4.78, 5) is 19.2. The van der Waals surface area contributed by atoms with Crippen LogP contribution >= 0.6 is 22.9 Å². The molecule has 1 amide bonds. The molecule has 0 bridgehead atoms. The number of aromatic nitrogens is 1. The number of thiazole rings is 1. The van der Waals surface area contributed by atoms with E-state index in [1.54, 1.807) is 0 Å². The highest BCUT2D eigenvalue weighted by atomic mass is 35.5. The quantitative estimate of drug-likeness (QED) is 0.553. The fourth-order valence-corrected chi connectivity index (χ4v) is 4.60. The molecule has 0 atom stereocenters. The van der Waals surface area contributed by atoms with Gasteiger partial charge in [-0.3, -0.25) is 9.69 Å². The van der Waals surface area contributed by atoms with Crippen molar-refractivity contribution in [1.82, 2.24) is 9.88 Å². The highest BCUT2D eigenvalue weighted by Gasteiger charge is 2.14. The van der Waals surface area contributed by atoms with Gasteiger partial charge in [-0.05, 0) is 61.8 Å². The van der Waals surface area contributed by atoms with Crippen LogP contribution in [0.5, 0.6) is 0 Å². The van der Waals surface area contributed by atoms with Gasteiger partial charge in [-0.1, -0.05) is 47.9 Å². The van der Waals surface area contributed by atoms with Crippen LogP contribution in [0.2, 0.25) is 5.02 Å². The van der Waals surface area contributed by atoms with Crippen molar-refractivity contribution in [3.05, 3.63) is 53.1 Å². The van der Waals surface area contributed by atoms with Gasteiger partial charge in [-0.15, -0.1) is 0 Å². The van der Waals surface area contributed by atoms with Crippen molar-refractivity contribution < 1.29 is 4.79 Å². The van der Waals surface area contributed by atoms with E-state index >= 15 is 0 Å². The molecule has 0 radical (unpaired) electrons. The number of halogens is 1. The monoisotopic (exact) mass is 428 g/mol. The summed E-state index contributed by atoms with van der Waals surface area (Å²) >= 11 is 7.45. The van der Waals surface area contributed by atoms with Crippen molar-refractivity contribution in [3.63, 3.8) is 0 Å². The standard InChI is InChI=1S/C22H25ClN4OS/c23-17-7-5-16(6-8-17)14-24-18-9-10-19-20(13-18)29-22(25-19)26-21(28)15-27-11-3-1-2-4-12-27/h5-10,13,24H,1-4,11-12,14-15H2,(H,25,26,28). The molecule has 2 heterocycles. The van der Waals surface area contributed by atoms with Crippen LogP contribution in [0.15, 0.2) is 42.5 Å². The number of benzene rings is 2. The van der Waals surface area contributed by atoms with Crippen molar-refractivity contribution in [2.75, 3.05) is 30.3 Å². The first-order valence-corrected chi connectivity index (χ1v) is 11.3. The summed E-state index contributed by atoms with van der Waals surface area (Å²) < 4.78 is 1.05. The molecule has 0 unspecified atom stereocenters. The summed E-state index contributed by atoms with van der Waals surface area (Å²) in [5.41, 5.74) is 3.09. The van der Waals surface area contributed by atoms with Crippen LogP contribution in [0.25, 0.3) is 10.2 Å². The Hall–Kier alpha value is -2.15. The number of carbonyl (C=O) groups excluding carboxylic acids is 1. The Morgan fingerprint density at radius 3 is 2.59 bits per heavy atom. The Balaban J connectivity index is 1.36. The van der Waals surface area contributed by atoms with Gasteiger partial charge >= 0.3 is 0 Å². The van der Waals surface area contributed by atoms with Gasteiger partial charge in [0.2, 0.25) is 5.91 Å². The smallest absolute Gasteiger partial charge is 0.240 e. The second-order valence-corrected chi connectivity index (χ2v) is 8.89. The normalized spacial score (nSPS) is 15.2. The Kier molecular flexibility index (Phi) is 6.64. The first-order chi connectivity index (χ1) is 14.2. The molecule has 2 aromatic carbocycles. The van der Waals surface area contributed by atoms with Crippen molar-refractivity contribution in [1.29, 1.82) is 0 Å². The van der Waals surface area contributed by atoms with Gasteiger partial charge in [0.05, 0.1) is 16.8 Å². The summed E-state index contributed by atoms with van der Waals surface area (Å²) in [6.45, 7) is 3.19. The van der Waals surface area contributed by atoms with Crippen LogP contribution in [0.1, 0.15) is 31.2 Å². The predicted octanol–water partition coefficient (Wildman–Crippen LogP) is 5.38. The molecule has 152 valence electrons. The molecule has 1 aliphatic rings. The van der Waals surface area contributed by atoms with E-state index in [-0.39, 0.29) is 5.91 Å². The minimum Gasteiger partial charge on any atom is -0.381 e. The summed E-state index contributed by atoms with van der Waals surface area (Å²) in [5, 5.41) is 7.80. The van der Waals surface area contributed by atoms with Crippen molar-refractivity contribution in [3.8, 4) is 0 Å². The molecule has 1 saturated heterocycles. The Morgan fingerprint density at radius 2 is 1.83 bits per heavy atom. The van der Waals surface area contributed by atoms with Crippen LogP contribution < -0.4 is 10.6 Å². The summed E-state index contributed by atoms with van der Waals surface area (Å²) in [6, 6.07) is 13.9. The van der Waals surface area contributed by atoms with E-state index < -0.39 is 0 Å². The zero-order chi connectivity index (χ0) is 20.1. The number of amides is 1. The van der Waals surface area contributed by atoms with E-state index in [4.69, 9.17) is 11.6 Å². The second-order valence-electron chi connectivity index (χ2n) is 7.42. The second kappa shape index (κ2) is 9.57. The average molecular weight is 429 g/mol. The average Bonchev–Trinajstić information content (AvgIpc) is 2.92. The number of rotatable bonds is 6. The maximum Gasteiger partial charge on any atom is 0.240 e. The molecule has 1 fully saturated rings. The number of carbonyl (C=O) groups is 1. The van der Waals surface area contributed by atoms with Gasteiger partial charge in [-0.25, -0.2) is 4.98 Å². The van der Waals surface area contributed by atoms with Crippen LogP contribution in [-0.4, -0.2) is 35.4 Å².